The summed E-state index contributed by atoms with van der Waals surface area (Å²) in [5.41, 5.74) is 1.72. The van der Waals surface area contributed by atoms with E-state index < -0.39 is 11.4 Å². The average molecular weight is 479 g/mol. The van der Waals surface area contributed by atoms with Crippen LogP contribution in [0.15, 0.2) is 11.6 Å². The molecular formula is C30H47NaO3. The van der Waals surface area contributed by atoms with Crippen molar-refractivity contribution in [1.82, 2.24) is 0 Å². The Hall–Kier alpha value is 0.170. The summed E-state index contributed by atoms with van der Waals surface area (Å²) in [7, 11) is 0. The number of allylic oxidation sites excluding steroid dienone is 2. The topological polar surface area (TPSA) is 60.4 Å². The van der Waals surface area contributed by atoms with Gasteiger partial charge in [-0.15, -0.1) is 0 Å². The van der Waals surface area contributed by atoms with E-state index in [4.69, 9.17) is 0 Å². The van der Waals surface area contributed by atoms with E-state index in [0.717, 1.165) is 38.5 Å². The zero-order valence-electron chi connectivity index (χ0n) is 23.2. The summed E-state index contributed by atoms with van der Waals surface area (Å²) < 4.78 is 0. The fraction of sp³-hybridized carbons (Fsp3) is 0.900. The van der Waals surface area contributed by atoms with Crippen molar-refractivity contribution in [2.45, 2.75) is 119 Å². The summed E-state index contributed by atoms with van der Waals surface area (Å²) in [5, 5.41) is 23.0. The van der Waals surface area contributed by atoms with Gasteiger partial charge >= 0.3 is 29.6 Å². The van der Waals surface area contributed by atoms with Gasteiger partial charge in [-0.2, -0.15) is 0 Å². The summed E-state index contributed by atoms with van der Waals surface area (Å²) >= 11 is 0. The SMILES string of the molecule is CC1(C(=O)[O-])CCC2(C)CCC3(C)C(=CCC4C5(C)CCC(O)C(C)(C)C5CCC43C)C2C1.[Na+]. The Kier molecular flexibility index (Phi) is 6.47. The van der Waals surface area contributed by atoms with E-state index in [1.54, 1.807) is 5.57 Å². The normalized spacial score (nSPS) is 53.7. The molecule has 34 heavy (non-hydrogen) atoms. The third kappa shape index (κ3) is 3.31. The second-order valence-corrected chi connectivity index (χ2v) is 14.9. The van der Waals surface area contributed by atoms with Crippen LogP contribution < -0.4 is 34.7 Å². The molecule has 4 heteroatoms. The van der Waals surface area contributed by atoms with Gasteiger partial charge in [0.15, 0.2) is 0 Å². The zero-order valence-corrected chi connectivity index (χ0v) is 25.2. The van der Waals surface area contributed by atoms with Crippen molar-refractivity contribution in [2.24, 2.45) is 50.2 Å². The number of carbonyl (C=O) groups is 1. The molecule has 0 bridgehead atoms. The number of aliphatic hydroxyl groups excluding tert-OH is 1. The van der Waals surface area contributed by atoms with Crippen LogP contribution in [0.4, 0.5) is 0 Å². The predicted molar refractivity (Wildman–Crippen MR) is 130 cm³/mol. The molecule has 186 valence electrons. The number of hydrogen-bond donors (Lipinski definition) is 1. The van der Waals surface area contributed by atoms with Gasteiger partial charge in [0.05, 0.1) is 6.10 Å². The van der Waals surface area contributed by atoms with Crippen molar-refractivity contribution >= 4 is 5.97 Å². The van der Waals surface area contributed by atoms with Crippen molar-refractivity contribution in [3.05, 3.63) is 11.6 Å². The van der Waals surface area contributed by atoms with E-state index in [0.29, 0.717) is 17.8 Å². The second kappa shape index (κ2) is 8.08. The average Bonchev–Trinajstić information content (AvgIpc) is 2.73. The number of carbonyl (C=O) groups excluding carboxylic acids is 1. The molecule has 4 fully saturated rings. The van der Waals surface area contributed by atoms with Gasteiger partial charge in [-0.3, -0.25) is 0 Å². The second-order valence-electron chi connectivity index (χ2n) is 14.9. The Morgan fingerprint density at radius 1 is 0.912 bits per heavy atom. The summed E-state index contributed by atoms with van der Waals surface area (Å²) in [5.74, 6) is 0.703. The van der Waals surface area contributed by atoms with Crippen LogP contribution in [-0.2, 0) is 4.79 Å². The number of carboxylic acids is 1. The first kappa shape index (κ1) is 27.2. The van der Waals surface area contributed by atoms with Crippen molar-refractivity contribution in [1.29, 1.82) is 0 Å². The van der Waals surface area contributed by atoms with Crippen LogP contribution in [0.25, 0.3) is 0 Å². The van der Waals surface area contributed by atoms with Crippen LogP contribution in [0, 0.1) is 50.2 Å². The van der Waals surface area contributed by atoms with E-state index in [-0.39, 0.29) is 62.7 Å². The Bertz CT molecular complexity index is 895. The van der Waals surface area contributed by atoms with Crippen molar-refractivity contribution in [2.75, 3.05) is 0 Å². The van der Waals surface area contributed by atoms with E-state index in [1.165, 1.54) is 25.7 Å². The summed E-state index contributed by atoms with van der Waals surface area (Å²) in [4.78, 5) is 12.1. The van der Waals surface area contributed by atoms with Crippen molar-refractivity contribution in [3.63, 3.8) is 0 Å². The quantitative estimate of drug-likeness (QED) is 0.466. The van der Waals surface area contributed by atoms with Gasteiger partial charge in [0.1, 0.15) is 0 Å². The van der Waals surface area contributed by atoms with Crippen molar-refractivity contribution in [3.8, 4) is 0 Å². The molecule has 0 amide bonds. The van der Waals surface area contributed by atoms with Crippen LogP contribution >= 0.6 is 0 Å². The number of fused-ring (bicyclic) bond motifs is 7. The minimum Gasteiger partial charge on any atom is -0.550 e. The summed E-state index contributed by atoms with van der Waals surface area (Å²) in [6.07, 6.45) is 12.9. The molecule has 5 aliphatic carbocycles. The largest absolute Gasteiger partial charge is 1.00 e. The zero-order chi connectivity index (χ0) is 24.2. The summed E-state index contributed by atoms with van der Waals surface area (Å²) in [6.45, 7) is 16.7. The molecular weight excluding hydrogens is 431 g/mol. The molecule has 0 aromatic rings. The van der Waals surface area contributed by atoms with Crippen LogP contribution in [-0.4, -0.2) is 17.2 Å². The molecule has 0 radical (unpaired) electrons. The fourth-order valence-electron chi connectivity index (χ4n) is 10.5. The molecule has 5 rings (SSSR count). The molecule has 3 nitrogen and oxygen atoms in total. The molecule has 0 aromatic carbocycles. The Labute approximate surface area is 230 Å². The molecule has 9 unspecified atom stereocenters. The van der Waals surface area contributed by atoms with E-state index in [1.807, 2.05) is 6.92 Å². The fourth-order valence-corrected chi connectivity index (χ4v) is 10.5. The van der Waals surface area contributed by atoms with E-state index in [2.05, 4.69) is 47.6 Å². The van der Waals surface area contributed by atoms with Crippen LogP contribution in [0.3, 0.4) is 0 Å². The van der Waals surface area contributed by atoms with Crippen LogP contribution in [0.1, 0.15) is 113 Å². The first-order chi connectivity index (χ1) is 15.1. The molecule has 4 saturated carbocycles. The number of carboxylic acid groups (broad SMARTS) is 1. The van der Waals surface area contributed by atoms with Crippen molar-refractivity contribution < 1.29 is 44.6 Å². The molecule has 1 N–H and O–H groups in total. The molecule has 0 aliphatic heterocycles. The Balaban J connectivity index is 0.00000274. The smallest absolute Gasteiger partial charge is 0.550 e. The maximum atomic E-state index is 12.1. The third-order valence-electron chi connectivity index (χ3n) is 13.3. The first-order valence-corrected chi connectivity index (χ1v) is 13.7. The van der Waals surface area contributed by atoms with Gasteiger partial charge in [-0.1, -0.05) is 60.1 Å². The maximum absolute atomic E-state index is 12.1. The van der Waals surface area contributed by atoms with E-state index >= 15 is 0 Å². The Morgan fingerprint density at radius 2 is 1.56 bits per heavy atom. The van der Waals surface area contributed by atoms with Gasteiger partial charge in [0.25, 0.3) is 0 Å². The molecule has 0 aromatic heterocycles. The number of rotatable bonds is 1. The minimum absolute atomic E-state index is 0. The number of hydrogen-bond acceptors (Lipinski definition) is 3. The molecule has 0 spiro atoms. The maximum Gasteiger partial charge on any atom is 1.00 e. The van der Waals surface area contributed by atoms with Crippen LogP contribution in [0.2, 0.25) is 0 Å². The first-order valence-electron chi connectivity index (χ1n) is 13.7. The summed E-state index contributed by atoms with van der Waals surface area (Å²) in [6, 6.07) is 0. The van der Waals surface area contributed by atoms with Gasteiger partial charge in [0, 0.05) is 11.4 Å². The van der Waals surface area contributed by atoms with Gasteiger partial charge in [-0.05, 0) is 109 Å². The number of aliphatic carboxylic acids is 1. The molecule has 9 atom stereocenters. The van der Waals surface area contributed by atoms with E-state index in [9.17, 15) is 15.0 Å². The van der Waals surface area contributed by atoms with Crippen LogP contribution in [0.5, 0.6) is 0 Å². The number of aliphatic hydroxyl groups is 1. The van der Waals surface area contributed by atoms with Gasteiger partial charge < -0.3 is 15.0 Å². The molecule has 0 saturated heterocycles. The predicted octanol–water partition coefficient (Wildman–Crippen LogP) is 2.90. The minimum atomic E-state index is -0.853. The van der Waals surface area contributed by atoms with Gasteiger partial charge in [0.2, 0.25) is 0 Å². The third-order valence-corrected chi connectivity index (χ3v) is 13.3. The molecule has 0 heterocycles. The standard InChI is InChI=1S/C30H48O3.Na/c1-25(2)21-10-13-30(7)22(28(21,5)12-11-23(25)31)9-8-19-20-18-27(4,24(32)33)15-14-26(20,3)16-17-29(19,30)6;/h8,20-23,31H,9-18H2,1-7H3,(H,32,33);/q;+1/p-1. The van der Waals surface area contributed by atoms with Gasteiger partial charge in [-0.25, -0.2) is 0 Å². The molecule has 5 aliphatic rings. The monoisotopic (exact) mass is 478 g/mol. The Morgan fingerprint density at radius 3 is 2.21 bits per heavy atom.